The average Bonchev–Trinajstić information content (AvgIpc) is 2.19. The van der Waals surface area contributed by atoms with Crippen LogP contribution in [0.25, 0.3) is 6.08 Å². The lowest BCUT2D eigenvalue weighted by molar-refractivity contribution is 1.26. The first kappa shape index (κ1) is 9.88. The summed E-state index contributed by atoms with van der Waals surface area (Å²) in [6.07, 6.45) is 5.09. The molecule has 0 spiro atoms. The lowest BCUT2D eigenvalue weighted by Crippen LogP contribution is -1.75. The molecule has 0 aromatic heterocycles. The highest BCUT2D eigenvalue weighted by atomic mass is 32.1. The molecule has 1 rings (SSSR count). The van der Waals surface area contributed by atoms with Crippen LogP contribution in [0.1, 0.15) is 17.5 Å². The van der Waals surface area contributed by atoms with Crippen molar-refractivity contribution in [2.75, 3.05) is 5.75 Å². The van der Waals surface area contributed by atoms with Gasteiger partial charge in [-0.1, -0.05) is 24.3 Å². The van der Waals surface area contributed by atoms with Crippen LogP contribution in [0.5, 0.6) is 0 Å². The van der Waals surface area contributed by atoms with Crippen molar-refractivity contribution in [3.8, 4) is 6.07 Å². The molecule has 1 aromatic carbocycles. The van der Waals surface area contributed by atoms with Crippen molar-refractivity contribution < 1.29 is 0 Å². The molecular weight excluding hydrogens is 178 g/mol. The third-order valence-corrected chi connectivity index (χ3v) is 1.90. The molecular formula is C11H11NS. The summed E-state index contributed by atoms with van der Waals surface area (Å²) in [5.41, 5.74) is 1.83. The Morgan fingerprint density at radius 1 is 1.31 bits per heavy atom. The summed E-state index contributed by atoms with van der Waals surface area (Å²) in [5, 5.41) is 8.56. The highest BCUT2D eigenvalue weighted by Crippen LogP contribution is 2.05. The van der Waals surface area contributed by atoms with E-state index < -0.39 is 0 Å². The molecule has 0 aliphatic heterocycles. The first-order valence-corrected chi connectivity index (χ1v) is 4.77. The van der Waals surface area contributed by atoms with Gasteiger partial charge in [0.05, 0.1) is 11.6 Å². The van der Waals surface area contributed by atoms with Gasteiger partial charge < -0.3 is 0 Å². The van der Waals surface area contributed by atoms with E-state index in [1.165, 1.54) is 0 Å². The van der Waals surface area contributed by atoms with E-state index in [1.807, 2.05) is 30.3 Å². The Labute approximate surface area is 84.1 Å². The summed E-state index contributed by atoms with van der Waals surface area (Å²) in [6, 6.07) is 9.60. The second-order valence-electron chi connectivity index (χ2n) is 2.65. The molecule has 1 nitrogen and oxygen atoms in total. The SMILES string of the molecule is N#Cc1ccc(C=CCCS)cc1. The number of nitrogens with zero attached hydrogens (tertiary/aromatic N) is 1. The standard InChI is InChI=1S/C11H11NS/c12-9-11-6-4-10(5-7-11)3-1-2-8-13/h1,3-7,13H,2,8H2. The third kappa shape index (κ3) is 3.35. The molecule has 0 fully saturated rings. The zero-order valence-corrected chi connectivity index (χ0v) is 8.17. The monoisotopic (exact) mass is 189 g/mol. The van der Waals surface area contributed by atoms with E-state index in [-0.39, 0.29) is 0 Å². The molecule has 66 valence electrons. The van der Waals surface area contributed by atoms with Crippen LogP contribution in [0.4, 0.5) is 0 Å². The number of benzene rings is 1. The van der Waals surface area contributed by atoms with E-state index in [0.29, 0.717) is 5.56 Å². The fraction of sp³-hybridized carbons (Fsp3) is 0.182. The van der Waals surface area contributed by atoms with Crippen molar-refractivity contribution in [2.45, 2.75) is 6.42 Å². The quantitative estimate of drug-likeness (QED) is 0.726. The average molecular weight is 189 g/mol. The van der Waals surface area contributed by atoms with Crippen LogP contribution >= 0.6 is 12.6 Å². The predicted molar refractivity (Wildman–Crippen MR) is 58.7 cm³/mol. The molecule has 0 amide bonds. The van der Waals surface area contributed by atoms with Gasteiger partial charge in [0.2, 0.25) is 0 Å². The molecule has 0 radical (unpaired) electrons. The molecule has 0 heterocycles. The highest BCUT2D eigenvalue weighted by Gasteiger charge is 1.88. The Morgan fingerprint density at radius 2 is 2.00 bits per heavy atom. The Balaban J connectivity index is 2.65. The summed E-state index contributed by atoms with van der Waals surface area (Å²) in [7, 11) is 0. The first-order valence-electron chi connectivity index (χ1n) is 4.14. The summed E-state index contributed by atoms with van der Waals surface area (Å²) in [4.78, 5) is 0. The largest absolute Gasteiger partial charge is 0.192 e. The van der Waals surface area contributed by atoms with E-state index in [0.717, 1.165) is 17.7 Å². The smallest absolute Gasteiger partial charge is 0.0991 e. The minimum absolute atomic E-state index is 0.700. The number of rotatable bonds is 3. The van der Waals surface area contributed by atoms with E-state index in [9.17, 15) is 0 Å². The maximum absolute atomic E-state index is 8.56. The van der Waals surface area contributed by atoms with Crippen molar-refractivity contribution in [1.29, 1.82) is 5.26 Å². The van der Waals surface area contributed by atoms with Crippen molar-refractivity contribution in [1.82, 2.24) is 0 Å². The van der Waals surface area contributed by atoms with Crippen molar-refractivity contribution in [3.05, 3.63) is 41.5 Å². The van der Waals surface area contributed by atoms with Gasteiger partial charge in [-0.3, -0.25) is 0 Å². The van der Waals surface area contributed by atoms with E-state index in [4.69, 9.17) is 5.26 Å². The van der Waals surface area contributed by atoms with E-state index in [2.05, 4.69) is 24.8 Å². The van der Waals surface area contributed by atoms with Crippen LogP contribution < -0.4 is 0 Å². The Kier molecular flexibility index (Phi) is 4.14. The zero-order valence-electron chi connectivity index (χ0n) is 7.27. The van der Waals surface area contributed by atoms with Gasteiger partial charge >= 0.3 is 0 Å². The second-order valence-corrected chi connectivity index (χ2v) is 3.10. The molecule has 0 saturated carbocycles. The number of allylic oxidation sites excluding steroid dienone is 1. The Bertz CT molecular complexity index is 319. The van der Waals surface area contributed by atoms with Gasteiger partial charge in [-0.15, -0.1) is 0 Å². The summed E-state index contributed by atoms with van der Waals surface area (Å²) < 4.78 is 0. The van der Waals surface area contributed by atoms with E-state index in [1.54, 1.807) is 0 Å². The van der Waals surface area contributed by atoms with Gasteiger partial charge in [-0.2, -0.15) is 17.9 Å². The minimum Gasteiger partial charge on any atom is -0.192 e. The lowest BCUT2D eigenvalue weighted by Gasteiger charge is -1.92. The third-order valence-electron chi connectivity index (χ3n) is 1.65. The summed E-state index contributed by atoms with van der Waals surface area (Å²) in [6.45, 7) is 0. The summed E-state index contributed by atoms with van der Waals surface area (Å²) in [5.74, 6) is 0.868. The second kappa shape index (κ2) is 5.45. The number of hydrogen-bond donors (Lipinski definition) is 1. The minimum atomic E-state index is 0.700. The maximum atomic E-state index is 8.56. The topological polar surface area (TPSA) is 23.8 Å². The van der Waals surface area contributed by atoms with Crippen LogP contribution in [0.15, 0.2) is 30.3 Å². The molecule has 2 heteroatoms. The van der Waals surface area contributed by atoms with Gasteiger partial charge in [-0.05, 0) is 29.9 Å². The van der Waals surface area contributed by atoms with E-state index >= 15 is 0 Å². The molecule has 0 saturated heterocycles. The maximum Gasteiger partial charge on any atom is 0.0991 e. The van der Waals surface area contributed by atoms with Crippen LogP contribution in [-0.2, 0) is 0 Å². The molecule has 0 bridgehead atoms. The fourth-order valence-electron chi connectivity index (χ4n) is 0.963. The van der Waals surface area contributed by atoms with Crippen molar-refractivity contribution in [3.63, 3.8) is 0 Å². The highest BCUT2D eigenvalue weighted by molar-refractivity contribution is 7.80. The molecule has 0 aliphatic rings. The molecule has 0 atom stereocenters. The number of hydrogen-bond acceptors (Lipinski definition) is 2. The van der Waals surface area contributed by atoms with Crippen LogP contribution in [-0.4, -0.2) is 5.75 Å². The number of nitriles is 1. The Morgan fingerprint density at radius 3 is 2.54 bits per heavy atom. The molecule has 13 heavy (non-hydrogen) atoms. The Hall–Kier alpha value is -1.20. The van der Waals surface area contributed by atoms with Gasteiger partial charge in [0, 0.05) is 0 Å². The fourth-order valence-corrected chi connectivity index (χ4v) is 1.11. The van der Waals surface area contributed by atoms with Gasteiger partial charge in [0.25, 0.3) is 0 Å². The first-order chi connectivity index (χ1) is 6.36. The number of thiol groups is 1. The normalized spacial score (nSPS) is 10.2. The van der Waals surface area contributed by atoms with Gasteiger partial charge in [0.1, 0.15) is 0 Å². The van der Waals surface area contributed by atoms with Crippen LogP contribution in [0.3, 0.4) is 0 Å². The van der Waals surface area contributed by atoms with Crippen LogP contribution in [0, 0.1) is 11.3 Å². The summed E-state index contributed by atoms with van der Waals surface area (Å²) >= 11 is 4.10. The van der Waals surface area contributed by atoms with Crippen molar-refractivity contribution >= 4 is 18.7 Å². The molecule has 0 aliphatic carbocycles. The van der Waals surface area contributed by atoms with Gasteiger partial charge in [-0.25, -0.2) is 0 Å². The molecule has 0 unspecified atom stereocenters. The molecule has 0 N–H and O–H groups in total. The van der Waals surface area contributed by atoms with Crippen LogP contribution in [0.2, 0.25) is 0 Å². The lowest BCUT2D eigenvalue weighted by atomic mass is 10.1. The van der Waals surface area contributed by atoms with Gasteiger partial charge in [0.15, 0.2) is 0 Å². The zero-order chi connectivity index (χ0) is 9.52. The predicted octanol–water partition coefficient (Wildman–Crippen LogP) is 2.89. The molecule has 1 aromatic rings. The van der Waals surface area contributed by atoms with Crippen molar-refractivity contribution in [2.24, 2.45) is 0 Å².